The summed E-state index contributed by atoms with van der Waals surface area (Å²) >= 11 is 0. The van der Waals surface area contributed by atoms with Gasteiger partial charge >= 0.3 is 0 Å². The summed E-state index contributed by atoms with van der Waals surface area (Å²) in [5, 5.41) is 17.6. The minimum Gasteiger partial charge on any atom is -0.494 e. The molecule has 1 aromatic carbocycles. The Morgan fingerprint density at radius 3 is 2.59 bits per heavy atom. The third kappa shape index (κ3) is 5.94. The van der Waals surface area contributed by atoms with Gasteiger partial charge in [-0.3, -0.25) is 0 Å². The van der Waals surface area contributed by atoms with Gasteiger partial charge in [-0.2, -0.15) is 5.26 Å². The molecule has 92 valence electrons. The van der Waals surface area contributed by atoms with Crippen LogP contribution < -0.4 is 4.74 Å². The Hall–Kier alpha value is -1.53. The van der Waals surface area contributed by atoms with Crippen LogP contribution in [0, 0.1) is 11.3 Å². The first-order valence-corrected chi connectivity index (χ1v) is 5.99. The number of nitrogens with zero attached hydrogens (tertiary/aromatic N) is 1. The molecule has 0 saturated carbocycles. The van der Waals surface area contributed by atoms with E-state index in [-0.39, 0.29) is 6.10 Å². The molecule has 1 aromatic rings. The topological polar surface area (TPSA) is 53.2 Å². The van der Waals surface area contributed by atoms with Crippen molar-refractivity contribution in [1.29, 1.82) is 5.26 Å². The molecule has 0 bridgehead atoms. The van der Waals surface area contributed by atoms with Crippen molar-refractivity contribution in [2.24, 2.45) is 0 Å². The van der Waals surface area contributed by atoms with Gasteiger partial charge in [0.25, 0.3) is 0 Å². The molecule has 3 heteroatoms. The highest BCUT2D eigenvalue weighted by molar-refractivity contribution is 5.28. The van der Waals surface area contributed by atoms with Crippen molar-refractivity contribution in [3.63, 3.8) is 0 Å². The highest BCUT2D eigenvalue weighted by Gasteiger charge is 1.97. The quantitative estimate of drug-likeness (QED) is 0.737. The number of aliphatic hydroxyl groups is 1. The average molecular weight is 233 g/mol. The van der Waals surface area contributed by atoms with Gasteiger partial charge in [0.15, 0.2) is 0 Å². The predicted octanol–water partition coefficient (Wildman–Crippen LogP) is 2.68. The van der Waals surface area contributed by atoms with Gasteiger partial charge in [-0.15, -0.1) is 0 Å². The number of nitriles is 1. The molecule has 0 aliphatic rings. The maximum atomic E-state index is 9.08. The van der Waals surface area contributed by atoms with Gasteiger partial charge in [0.05, 0.1) is 25.2 Å². The lowest BCUT2D eigenvalue weighted by Gasteiger charge is -2.07. The second-order valence-electron chi connectivity index (χ2n) is 4.17. The summed E-state index contributed by atoms with van der Waals surface area (Å²) in [6.07, 6.45) is 2.97. The summed E-state index contributed by atoms with van der Waals surface area (Å²) in [6.45, 7) is 2.47. The Morgan fingerprint density at radius 1 is 1.29 bits per heavy atom. The Labute approximate surface area is 103 Å². The molecule has 0 fully saturated rings. The summed E-state index contributed by atoms with van der Waals surface area (Å²) in [4.78, 5) is 0. The number of hydrogen-bond acceptors (Lipinski definition) is 3. The van der Waals surface area contributed by atoms with Crippen molar-refractivity contribution >= 4 is 0 Å². The van der Waals surface area contributed by atoms with Gasteiger partial charge in [-0.05, 0) is 43.9 Å². The summed E-state index contributed by atoms with van der Waals surface area (Å²) in [6, 6.07) is 9.71. The van der Waals surface area contributed by atoms with Crippen molar-refractivity contribution in [3.8, 4) is 11.8 Å². The summed E-state index contributed by atoms with van der Waals surface area (Å²) < 4.78 is 5.56. The smallest absolute Gasteiger partial charge is 0.119 e. The number of ether oxygens (including phenoxy) is 1. The average Bonchev–Trinajstić information content (AvgIpc) is 2.31. The second kappa shape index (κ2) is 7.70. The van der Waals surface area contributed by atoms with E-state index in [1.807, 2.05) is 24.3 Å². The molecular weight excluding hydrogens is 214 g/mol. The second-order valence-corrected chi connectivity index (χ2v) is 4.17. The van der Waals surface area contributed by atoms with E-state index in [1.54, 1.807) is 6.92 Å². The molecule has 0 heterocycles. The molecule has 0 aliphatic heterocycles. The minimum atomic E-state index is -0.222. The van der Waals surface area contributed by atoms with E-state index in [9.17, 15) is 0 Å². The van der Waals surface area contributed by atoms with Crippen LogP contribution in [0.3, 0.4) is 0 Å². The maximum Gasteiger partial charge on any atom is 0.119 e. The first-order chi connectivity index (χ1) is 8.22. The molecule has 0 spiro atoms. The number of aliphatic hydroxyl groups excluding tert-OH is 1. The van der Waals surface area contributed by atoms with Crippen molar-refractivity contribution in [1.82, 2.24) is 0 Å². The van der Waals surface area contributed by atoms with Crippen molar-refractivity contribution < 1.29 is 9.84 Å². The normalized spacial score (nSPS) is 11.8. The van der Waals surface area contributed by atoms with Crippen molar-refractivity contribution in [3.05, 3.63) is 29.8 Å². The first kappa shape index (κ1) is 13.5. The van der Waals surface area contributed by atoms with Crippen LogP contribution in [0.15, 0.2) is 24.3 Å². The van der Waals surface area contributed by atoms with E-state index < -0.39 is 0 Å². The van der Waals surface area contributed by atoms with Gasteiger partial charge in [0.1, 0.15) is 5.75 Å². The van der Waals surface area contributed by atoms with Crippen LogP contribution in [0.2, 0.25) is 0 Å². The third-order valence-electron chi connectivity index (χ3n) is 2.49. The Balaban J connectivity index is 2.21. The van der Waals surface area contributed by atoms with E-state index in [4.69, 9.17) is 15.1 Å². The lowest BCUT2D eigenvalue weighted by Crippen LogP contribution is -2.02. The molecule has 3 nitrogen and oxygen atoms in total. The zero-order valence-corrected chi connectivity index (χ0v) is 10.2. The Morgan fingerprint density at radius 2 is 2.00 bits per heavy atom. The predicted molar refractivity (Wildman–Crippen MR) is 66.8 cm³/mol. The Bertz CT molecular complexity index is 351. The number of rotatable bonds is 7. The van der Waals surface area contributed by atoms with Crippen LogP contribution in [-0.4, -0.2) is 17.8 Å². The fourth-order valence-electron chi connectivity index (χ4n) is 1.53. The molecule has 0 aliphatic carbocycles. The van der Waals surface area contributed by atoms with Gasteiger partial charge < -0.3 is 9.84 Å². The number of hydrogen-bond donors (Lipinski definition) is 1. The molecule has 0 saturated heterocycles. The first-order valence-electron chi connectivity index (χ1n) is 5.99. The molecule has 0 amide bonds. The lowest BCUT2D eigenvalue weighted by molar-refractivity contribution is 0.177. The van der Waals surface area contributed by atoms with Crippen molar-refractivity contribution in [2.45, 2.75) is 38.7 Å². The zero-order chi connectivity index (χ0) is 12.5. The lowest BCUT2D eigenvalue weighted by atomic mass is 10.1. The van der Waals surface area contributed by atoms with E-state index in [2.05, 4.69) is 6.07 Å². The van der Waals surface area contributed by atoms with Gasteiger partial charge in [-0.1, -0.05) is 12.1 Å². The van der Waals surface area contributed by atoms with Crippen LogP contribution in [0.1, 0.15) is 31.7 Å². The molecule has 1 N–H and O–H groups in total. The van der Waals surface area contributed by atoms with Gasteiger partial charge in [0, 0.05) is 0 Å². The van der Waals surface area contributed by atoms with Crippen LogP contribution in [0.4, 0.5) is 0 Å². The van der Waals surface area contributed by atoms with E-state index in [0.29, 0.717) is 13.0 Å². The van der Waals surface area contributed by atoms with Crippen LogP contribution >= 0.6 is 0 Å². The van der Waals surface area contributed by atoms with Crippen molar-refractivity contribution in [2.75, 3.05) is 6.61 Å². The maximum absolute atomic E-state index is 9.08. The Kier molecular flexibility index (Phi) is 6.13. The largest absolute Gasteiger partial charge is 0.494 e. The number of unbranched alkanes of at least 4 members (excludes halogenated alkanes) is 1. The molecular formula is C14H19NO2. The van der Waals surface area contributed by atoms with Crippen LogP contribution in [-0.2, 0) is 6.42 Å². The molecule has 1 unspecified atom stereocenters. The standard InChI is InChI=1S/C14H19NO2/c1-12(16)4-2-3-11-17-14-7-5-13(6-8-14)9-10-15/h5-8,12,16H,2-4,9,11H2,1H3. The summed E-state index contributed by atoms with van der Waals surface area (Å²) in [5.74, 6) is 0.837. The third-order valence-corrected chi connectivity index (χ3v) is 2.49. The molecule has 1 atom stereocenters. The monoisotopic (exact) mass is 233 g/mol. The summed E-state index contributed by atoms with van der Waals surface area (Å²) in [7, 11) is 0. The molecule has 1 rings (SSSR count). The SMILES string of the molecule is CC(O)CCCCOc1ccc(CC#N)cc1. The highest BCUT2D eigenvalue weighted by Crippen LogP contribution is 2.13. The summed E-state index contributed by atoms with van der Waals surface area (Å²) in [5.41, 5.74) is 1.01. The zero-order valence-electron chi connectivity index (χ0n) is 10.2. The van der Waals surface area contributed by atoms with E-state index >= 15 is 0 Å². The van der Waals surface area contributed by atoms with Crippen LogP contribution in [0.25, 0.3) is 0 Å². The molecule has 0 radical (unpaired) electrons. The molecule has 0 aromatic heterocycles. The van der Waals surface area contributed by atoms with Gasteiger partial charge in [-0.25, -0.2) is 0 Å². The van der Waals surface area contributed by atoms with Crippen LogP contribution in [0.5, 0.6) is 5.75 Å². The van der Waals surface area contributed by atoms with E-state index in [1.165, 1.54) is 0 Å². The highest BCUT2D eigenvalue weighted by atomic mass is 16.5. The molecule has 17 heavy (non-hydrogen) atoms. The fourth-order valence-corrected chi connectivity index (χ4v) is 1.53. The fraction of sp³-hybridized carbons (Fsp3) is 0.500. The number of benzene rings is 1. The van der Waals surface area contributed by atoms with E-state index in [0.717, 1.165) is 30.6 Å². The minimum absolute atomic E-state index is 0.222. The van der Waals surface area contributed by atoms with Gasteiger partial charge in [0.2, 0.25) is 0 Å².